The SMILES string of the molecule is O=C1CC(C(=O)N2CCC(c3ccc(O)cc3)CC2)c2ccccc2N1. The third-order valence-electron chi connectivity index (χ3n) is 5.47. The summed E-state index contributed by atoms with van der Waals surface area (Å²) >= 11 is 0. The molecule has 1 unspecified atom stereocenters. The van der Waals surface area contributed by atoms with Crippen LogP contribution in [0.4, 0.5) is 5.69 Å². The van der Waals surface area contributed by atoms with Crippen LogP contribution in [-0.2, 0) is 9.59 Å². The van der Waals surface area contributed by atoms with Crippen LogP contribution in [0.15, 0.2) is 48.5 Å². The number of nitrogens with one attached hydrogen (secondary N) is 1. The molecule has 26 heavy (non-hydrogen) atoms. The zero-order valence-corrected chi connectivity index (χ0v) is 14.5. The van der Waals surface area contributed by atoms with Gasteiger partial charge in [-0.25, -0.2) is 0 Å². The van der Waals surface area contributed by atoms with E-state index in [4.69, 9.17) is 0 Å². The maximum absolute atomic E-state index is 13.1. The van der Waals surface area contributed by atoms with E-state index < -0.39 is 0 Å². The molecule has 134 valence electrons. The van der Waals surface area contributed by atoms with E-state index in [-0.39, 0.29) is 29.9 Å². The van der Waals surface area contributed by atoms with Gasteiger partial charge in [-0.1, -0.05) is 30.3 Å². The zero-order valence-electron chi connectivity index (χ0n) is 14.5. The molecule has 1 fully saturated rings. The molecule has 2 heterocycles. The maximum atomic E-state index is 13.1. The van der Waals surface area contributed by atoms with Gasteiger partial charge in [0.25, 0.3) is 0 Å². The van der Waals surface area contributed by atoms with E-state index in [1.54, 1.807) is 12.1 Å². The number of carbonyl (C=O) groups is 2. The van der Waals surface area contributed by atoms with Gasteiger partial charge in [0.15, 0.2) is 0 Å². The van der Waals surface area contributed by atoms with Crippen molar-refractivity contribution in [3.05, 3.63) is 59.7 Å². The van der Waals surface area contributed by atoms with E-state index in [9.17, 15) is 14.7 Å². The fourth-order valence-corrected chi connectivity index (χ4v) is 4.03. The molecule has 2 aliphatic heterocycles. The van der Waals surface area contributed by atoms with Crippen molar-refractivity contribution in [3.8, 4) is 5.75 Å². The fraction of sp³-hybridized carbons (Fsp3) is 0.333. The number of fused-ring (bicyclic) bond motifs is 1. The number of para-hydroxylation sites is 1. The van der Waals surface area contributed by atoms with E-state index in [2.05, 4.69) is 5.32 Å². The van der Waals surface area contributed by atoms with Crippen LogP contribution in [0.5, 0.6) is 5.75 Å². The van der Waals surface area contributed by atoms with Crippen LogP contribution in [0.3, 0.4) is 0 Å². The molecule has 4 rings (SSSR count). The average molecular weight is 350 g/mol. The Morgan fingerprint density at radius 2 is 1.73 bits per heavy atom. The number of phenolic OH excluding ortho intramolecular Hbond substituents is 1. The molecule has 1 saturated heterocycles. The zero-order chi connectivity index (χ0) is 18.1. The van der Waals surface area contributed by atoms with Crippen molar-refractivity contribution in [2.45, 2.75) is 31.1 Å². The smallest absolute Gasteiger partial charge is 0.230 e. The van der Waals surface area contributed by atoms with Gasteiger partial charge in [0, 0.05) is 25.2 Å². The fourth-order valence-electron chi connectivity index (χ4n) is 4.03. The van der Waals surface area contributed by atoms with Crippen molar-refractivity contribution in [2.24, 2.45) is 0 Å². The molecule has 2 aromatic rings. The monoisotopic (exact) mass is 350 g/mol. The summed E-state index contributed by atoms with van der Waals surface area (Å²) in [7, 11) is 0. The number of hydrogen-bond acceptors (Lipinski definition) is 3. The van der Waals surface area contributed by atoms with Gasteiger partial charge in [-0.2, -0.15) is 0 Å². The minimum Gasteiger partial charge on any atom is -0.508 e. The summed E-state index contributed by atoms with van der Waals surface area (Å²) in [5, 5.41) is 12.3. The number of benzene rings is 2. The number of phenols is 1. The number of amides is 2. The standard InChI is InChI=1S/C21H22N2O3/c24-16-7-5-14(6-8-16)15-9-11-23(12-10-15)21(26)18-13-20(25)22-19-4-2-1-3-17(18)19/h1-8,15,18,24H,9-13H2,(H,22,25). The third kappa shape index (κ3) is 3.17. The highest BCUT2D eigenvalue weighted by Crippen LogP contribution is 2.35. The van der Waals surface area contributed by atoms with Crippen molar-refractivity contribution in [1.29, 1.82) is 0 Å². The summed E-state index contributed by atoms with van der Waals surface area (Å²) < 4.78 is 0. The molecule has 5 heteroatoms. The lowest BCUT2D eigenvalue weighted by molar-refractivity contribution is -0.135. The van der Waals surface area contributed by atoms with Crippen LogP contribution < -0.4 is 5.32 Å². The molecule has 2 amide bonds. The lowest BCUT2D eigenvalue weighted by atomic mass is 9.86. The number of hydrogen-bond donors (Lipinski definition) is 2. The van der Waals surface area contributed by atoms with Gasteiger partial charge < -0.3 is 15.3 Å². The summed E-state index contributed by atoms with van der Waals surface area (Å²) in [5.74, 6) is 0.250. The van der Waals surface area contributed by atoms with E-state index in [1.807, 2.05) is 41.3 Å². The Bertz CT molecular complexity index is 823. The van der Waals surface area contributed by atoms with Crippen LogP contribution in [0.25, 0.3) is 0 Å². The van der Waals surface area contributed by atoms with E-state index in [0.29, 0.717) is 19.0 Å². The molecule has 0 spiro atoms. The first kappa shape index (κ1) is 16.6. The molecular formula is C21H22N2O3. The molecule has 0 saturated carbocycles. The van der Waals surface area contributed by atoms with Crippen LogP contribution >= 0.6 is 0 Å². The molecule has 0 bridgehead atoms. The second-order valence-corrected chi connectivity index (χ2v) is 7.08. The number of carbonyl (C=O) groups excluding carboxylic acids is 2. The molecule has 2 N–H and O–H groups in total. The molecule has 1 atom stereocenters. The highest BCUT2D eigenvalue weighted by Gasteiger charge is 2.34. The topological polar surface area (TPSA) is 69.6 Å². The Kier molecular flexibility index (Phi) is 4.37. The number of likely N-dealkylation sites (tertiary alicyclic amines) is 1. The average Bonchev–Trinajstić information content (AvgIpc) is 2.67. The summed E-state index contributed by atoms with van der Waals surface area (Å²) in [4.78, 5) is 26.9. The second-order valence-electron chi connectivity index (χ2n) is 7.08. The molecule has 2 aliphatic rings. The summed E-state index contributed by atoms with van der Waals surface area (Å²) in [5.41, 5.74) is 2.87. The van der Waals surface area contributed by atoms with Gasteiger partial charge in [0.1, 0.15) is 5.75 Å². The van der Waals surface area contributed by atoms with Crippen molar-refractivity contribution < 1.29 is 14.7 Å². The molecular weight excluding hydrogens is 328 g/mol. The number of aromatic hydroxyl groups is 1. The predicted octanol–water partition coefficient (Wildman–Crippen LogP) is 3.22. The lowest BCUT2D eigenvalue weighted by Crippen LogP contribution is -2.42. The van der Waals surface area contributed by atoms with Gasteiger partial charge in [0.05, 0.1) is 5.92 Å². The van der Waals surface area contributed by atoms with E-state index >= 15 is 0 Å². The molecule has 2 aromatic carbocycles. The first-order chi connectivity index (χ1) is 12.6. The minimum atomic E-state index is -0.384. The van der Waals surface area contributed by atoms with Crippen molar-refractivity contribution in [1.82, 2.24) is 4.90 Å². The second kappa shape index (κ2) is 6.83. The van der Waals surface area contributed by atoms with Crippen molar-refractivity contribution >= 4 is 17.5 Å². The molecule has 0 aromatic heterocycles. The van der Waals surface area contributed by atoms with E-state index in [0.717, 1.165) is 24.1 Å². The van der Waals surface area contributed by atoms with Gasteiger partial charge in [-0.05, 0) is 48.1 Å². The van der Waals surface area contributed by atoms with Gasteiger partial charge in [-0.3, -0.25) is 9.59 Å². The molecule has 5 nitrogen and oxygen atoms in total. The van der Waals surface area contributed by atoms with Crippen LogP contribution in [0.2, 0.25) is 0 Å². The number of nitrogens with zero attached hydrogens (tertiary/aromatic N) is 1. The normalized spacial score (nSPS) is 20.4. The molecule has 0 radical (unpaired) electrons. The maximum Gasteiger partial charge on any atom is 0.230 e. The van der Waals surface area contributed by atoms with Gasteiger partial charge >= 0.3 is 0 Å². The Morgan fingerprint density at radius 3 is 2.46 bits per heavy atom. The highest BCUT2D eigenvalue weighted by molar-refractivity contribution is 6.01. The third-order valence-corrected chi connectivity index (χ3v) is 5.47. The Labute approximate surface area is 152 Å². The van der Waals surface area contributed by atoms with Crippen LogP contribution in [0, 0.1) is 0 Å². The molecule has 0 aliphatic carbocycles. The lowest BCUT2D eigenvalue weighted by Gasteiger charge is -2.35. The summed E-state index contributed by atoms with van der Waals surface area (Å²) in [6.45, 7) is 1.40. The first-order valence-corrected chi connectivity index (χ1v) is 9.08. The van der Waals surface area contributed by atoms with Gasteiger partial charge in [0.2, 0.25) is 11.8 Å². The van der Waals surface area contributed by atoms with Crippen LogP contribution in [0.1, 0.15) is 42.2 Å². The number of piperidine rings is 1. The number of anilines is 1. The largest absolute Gasteiger partial charge is 0.508 e. The first-order valence-electron chi connectivity index (χ1n) is 9.08. The van der Waals surface area contributed by atoms with Crippen LogP contribution in [-0.4, -0.2) is 34.9 Å². The highest BCUT2D eigenvalue weighted by atomic mass is 16.3. The quantitative estimate of drug-likeness (QED) is 0.874. The Balaban J connectivity index is 1.45. The van der Waals surface area contributed by atoms with Crippen molar-refractivity contribution in [2.75, 3.05) is 18.4 Å². The van der Waals surface area contributed by atoms with E-state index in [1.165, 1.54) is 5.56 Å². The van der Waals surface area contributed by atoms with Gasteiger partial charge in [-0.15, -0.1) is 0 Å². The Morgan fingerprint density at radius 1 is 1.04 bits per heavy atom. The Hall–Kier alpha value is -2.82. The number of rotatable bonds is 2. The summed E-state index contributed by atoms with van der Waals surface area (Å²) in [6.07, 6.45) is 2.02. The summed E-state index contributed by atoms with van der Waals surface area (Å²) in [6, 6.07) is 14.9. The minimum absolute atomic E-state index is 0.0523. The van der Waals surface area contributed by atoms with Crippen molar-refractivity contribution in [3.63, 3.8) is 0 Å². The predicted molar refractivity (Wildman–Crippen MR) is 99.1 cm³/mol.